The SMILES string of the molecule is CC(C)CC(=O)NCC1(N)CCCCC1. The van der Waals surface area contributed by atoms with Gasteiger partial charge in [0.2, 0.25) is 5.91 Å². The molecule has 0 aliphatic heterocycles. The van der Waals surface area contributed by atoms with Gasteiger partial charge in [0.25, 0.3) is 0 Å². The molecule has 1 rings (SSSR count). The van der Waals surface area contributed by atoms with E-state index in [2.05, 4.69) is 19.2 Å². The topological polar surface area (TPSA) is 55.1 Å². The second kappa shape index (κ2) is 5.50. The zero-order valence-corrected chi connectivity index (χ0v) is 10.0. The van der Waals surface area contributed by atoms with Crippen LogP contribution in [0.3, 0.4) is 0 Å². The largest absolute Gasteiger partial charge is 0.354 e. The first-order valence-electron chi connectivity index (χ1n) is 6.07. The van der Waals surface area contributed by atoms with Crippen molar-refractivity contribution in [2.45, 2.75) is 57.9 Å². The molecule has 0 atom stereocenters. The van der Waals surface area contributed by atoms with Crippen molar-refractivity contribution in [1.82, 2.24) is 5.32 Å². The first-order chi connectivity index (χ1) is 7.02. The second-order valence-electron chi connectivity index (χ2n) is 5.30. The molecule has 0 aromatic carbocycles. The number of nitrogens with one attached hydrogen (secondary N) is 1. The van der Waals surface area contributed by atoms with Gasteiger partial charge in [-0.15, -0.1) is 0 Å². The molecule has 1 amide bonds. The lowest BCUT2D eigenvalue weighted by molar-refractivity contribution is -0.122. The molecular formula is C12H24N2O. The molecule has 0 saturated heterocycles. The Morgan fingerprint density at radius 2 is 1.93 bits per heavy atom. The number of rotatable bonds is 4. The van der Waals surface area contributed by atoms with Crippen LogP contribution in [-0.4, -0.2) is 18.0 Å². The van der Waals surface area contributed by atoms with Crippen molar-refractivity contribution in [2.24, 2.45) is 11.7 Å². The minimum Gasteiger partial charge on any atom is -0.354 e. The average Bonchev–Trinajstić information content (AvgIpc) is 2.15. The van der Waals surface area contributed by atoms with Gasteiger partial charge >= 0.3 is 0 Å². The number of carbonyl (C=O) groups excluding carboxylic acids is 1. The fourth-order valence-corrected chi connectivity index (χ4v) is 2.15. The van der Waals surface area contributed by atoms with Crippen molar-refractivity contribution in [3.8, 4) is 0 Å². The summed E-state index contributed by atoms with van der Waals surface area (Å²) in [6, 6.07) is 0. The van der Waals surface area contributed by atoms with Gasteiger partial charge in [-0.3, -0.25) is 4.79 Å². The fourth-order valence-electron chi connectivity index (χ4n) is 2.15. The van der Waals surface area contributed by atoms with Gasteiger partial charge < -0.3 is 11.1 Å². The van der Waals surface area contributed by atoms with Gasteiger partial charge in [-0.25, -0.2) is 0 Å². The standard InChI is InChI=1S/C12H24N2O/c1-10(2)8-11(15)14-9-12(13)6-4-3-5-7-12/h10H,3-9,13H2,1-2H3,(H,14,15). The van der Waals surface area contributed by atoms with Crippen LogP contribution in [0.4, 0.5) is 0 Å². The predicted molar refractivity (Wildman–Crippen MR) is 62.5 cm³/mol. The van der Waals surface area contributed by atoms with Crippen molar-refractivity contribution in [2.75, 3.05) is 6.54 Å². The van der Waals surface area contributed by atoms with Crippen molar-refractivity contribution in [3.63, 3.8) is 0 Å². The molecule has 1 aliphatic carbocycles. The molecule has 88 valence electrons. The number of hydrogen-bond acceptors (Lipinski definition) is 2. The predicted octanol–water partition coefficient (Wildman–Crippen LogP) is 1.81. The third-order valence-corrected chi connectivity index (χ3v) is 3.08. The first-order valence-corrected chi connectivity index (χ1v) is 6.07. The Morgan fingerprint density at radius 1 is 1.33 bits per heavy atom. The second-order valence-corrected chi connectivity index (χ2v) is 5.30. The van der Waals surface area contributed by atoms with E-state index in [1.165, 1.54) is 19.3 Å². The molecule has 0 radical (unpaired) electrons. The molecule has 15 heavy (non-hydrogen) atoms. The summed E-state index contributed by atoms with van der Waals surface area (Å²) in [5, 5.41) is 2.96. The number of hydrogen-bond donors (Lipinski definition) is 2. The van der Waals surface area contributed by atoms with E-state index in [1.54, 1.807) is 0 Å². The maximum atomic E-state index is 11.5. The molecule has 0 bridgehead atoms. The van der Waals surface area contributed by atoms with Crippen LogP contribution in [0.25, 0.3) is 0 Å². The summed E-state index contributed by atoms with van der Waals surface area (Å²) >= 11 is 0. The minimum atomic E-state index is -0.134. The highest BCUT2D eigenvalue weighted by Gasteiger charge is 2.27. The summed E-state index contributed by atoms with van der Waals surface area (Å²) in [7, 11) is 0. The van der Waals surface area contributed by atoms with Gasteiger partial charge in [0.15, 0.2) is 0 Å². The van der Waals surface area contributed by atoms with Gasteiger partial charge in [-0.05, 0) is 18.8 Å². The van der Waals surface area contributed by atoms with E-state index in [1.807, 2.05) is 0 Å². The molecule has 3 heteroatoms. The normalized spacial score (nSPS) is 20.3. The van der Waals surface area contributed by atoms with Crippen LogP contribution in [0.1, 0.15) is 52.4 Å². The molecule has 0 heterocycles. The zero-order chi connectivity index (χ0) is 11.3. The lowest BCUT2D eigenvalue weighted by Crippen LogP contribution is -2.51. The number of amides is 1. The molecule has 1 saturated carbocycles. The van der Waals surface area contributed by atoms with Crippen LogP contribution in [0.15, 0.2) is 0 Å². The van der Waals surface area contributed by atoms with Gasteiger partial charge in [0.1, 0.15) is 0 Å². The lowest BCUT2D eigenvalue weighted by atomic mass is 9.82. The minimum absolute atomic E-state index is 0.134. The Labute approximate surface area is 92.8 Å². The fraction of sp³-hybridized carbons (Fsp3) is 0.917. The Morgan fingerprint density at radius 3 is 2.47 bits per heavy atom. The highest BCUT2D eigenvalue weighted by atomic mass is 16.1. The third kappa shape index (κ3) is 4.65. The molecular weight excluding hydrogens is 188 g/mol. The molecule has 1 aliphatic rings. The molecule has 0 unspecified atom stereocenters. The third-order valence-electron chi connectivity index (χ3n) is 3.08. The van der Waals surface area contributed by atoms with Crippen molar-refractivity contribution in [3.05, 3.63) is 0 Å². The Kier molecular flexibility index (Phi) is 4.58. The Bertz CT molecular complexity index is 208. The summed E-state index contributed by atoms with van der Waals surface area (Å²) in [5.41, 5.74) is 6.09. The van der Waals surface area contributed by atoms with Gasteiger partial charge in [-0.1, -0.05) is 33.1 Å². The summed E-state index contributed by atoms with van der Waals surface area (Å²) < 4.78 is 0. The van der Waals surface area contributed by atoms with Crippen LogP contribution < -0.4 is 11.1 Å². The van der Waals surface area contributed by atoms with E-state index in [4.69, 9.17) is 5.73 Å². The highest BCUT2D eigenvalue weighted by Crippen LogP contribution is 2.25. The smallest absolute Gasteiger partial charge is 0.220 e. The van der Waals surface area contributed by atoms with Crippen LogP contribution in [-0.2, 0) is 4.79 Å². The number of nitrogens with two attached hydrogens (primary N) is 1. The van der Waals surface area contributed by atoms with Crippen molar-refractivity contribution in [1.29, 1.82) is 0 Å². The molecule has 1 fully saturated rings. The maximum Gasteiger partial charge on any atom is 0.220 e. The van der Waals surface area contributed by atoms with Crippen LogP contribution in [0, 0.1) is 5.92 Å². The van der Waals surface area contributed by atoms with E-state index in [0.29, 0.717) is 18.9 Å². The van der Waals surface area contributed by atoms with Crippen molar-refractivity contribution < 1.29 is 4.79 Å². The maximum absolute atomic E-state index is 11.5. The lowest BCUT2D eigenvalue weighted by Gasteiger charge is -2.33. The molecule has 3 N–H and O–H groups in total. The van der Waals surface area contributed by atoms with Gasteiger partial charge in [0, 0.05) is 18.5 Å². The van der Waals surface area contributed by atoms with Crippen LogP contribution in [0.2, 0.25) is 0 Å². The monoisotopic (exact) mass is 212 g/mol. The first kappa shape index (κ1) is 12.5. The summed E-state index contributed by atoms with van der Waals surface area (Å²) in [4.78, 5) is 11.5. The van der Waals surface area contributed by atoms with Crippen molar-refractivity contribution >= 4 is 5.91 Å². The average molecular weight is 212 g/mol. The van der Waals surface area contributed by atoms with Gasteiger partial charge in [-0.2, -0.15) is 0 Å². The summed E-state index contributed by atoms with van der Waals surface area (Å²) in [6.07, 6.45) is 6.41. The molecule has 0 aromatic heterocycles. The van der Waals surface area contributed by atoms with Crippen LogP contribution in [0.5, 0.6) is 0 Å². The summed E-state index contributed by atoms with van der Waals surface area (Å²) in [5.74, 6) is 0.561. The van der Waals surface area contributed by atoms with Crippen LogP contribution >= 0.6 is 0 Å². The van der Waals surface area contributed by atoms with E-state index >= 15 is 0 Å². The van der Waals surface area contributed by atoms with Gasteiger partial charge in [0.05, 0.1) is 0 Å². The van der Waals surface area contributed by atoms with E-state index in [-0.39, 0.29) is 11.4 Å². The van der Waals surface area contributed by atoms with E-state index < -0.39 is 0 Å². The molecule has 3 nitrogen and oxygen atoms in total. The molecule has 0 aromatic rings. The highest BCUT2D eigenvalue weighted by molar-refractivity contribution is 5.76. The Balaban J connectivity index is 2.25. The molecule has 0 spiro atoms. The van der Waals surface area contributed by atoms with E-state index in [9.17, 15) is 4.79 Å². The number of carbonyl (C=O) groups is 1. The quantitative estimate of drug-likeness (QED) is 0.746. The Hall–Kier alpha value is -0.570. The zero-order valence-electron chi connectivity index (χ0n) is 10.0. The summed E-state index contributed by atoms with van der Waals surface area (Å²) in [6.45, 7) is 4.76. The van der Waals surface area contributed by atoms with E-state index in [0.717, 1.165) is 12.8 Å².